The Morgan fingerprint density at radius 2 is 1.65 bits per heavy atom. The third kappa shape index (κ3) is 5.85. The Bertz CT molecular complexity index is 593. The second-order valence-electron chi connectivity index (χ2n) is 6.03. The van der Waals surface area contributed by atoms with E-state index in [1.165, 1.54) is 5.56 Å². The molecule has 2 aromatic carbocycles. The fourth-order valence-electron chi connectivity index (χ4n) is 2.16. The van der Waals surface area contributed by atoms with E-state index in [9.17, 15) is 0 Å². The first kappa shape index (κ1) is 17.2. The van der Waals surface area contributed by atoms with Crippen LogP contribution in [0.2, 0.25) is 0 Å². The molecular weight excluding hydrogens is 286 g/mol. The second-order valence-corrected chi connectivity index (χ2v) is 6.03. The van der Waals surface area contributed by atoms with Crippen LogP contribution in [0.25, 0.3) is 0 Å². The molecule has 0 fully saturated rings. The quantitative estimate of drug-likeness (QED) is 0.720. The van der Waals surface area contributed by atoms with Crippen LogP contribution in [-0.2, 0) is 6.54 Å². The minimum atomic E-state index is 0.184. The summed E-state index contributed by atoms with van der Waals surface area (Å²) < 4.78 is 11.5. The van der Waals surface area contributed by atoms with Gasteiger partial charge in [0.05, 0.1) is 12.2 Å². The molecule has 0 unspecified atom stereocenters. The van der Waals surface area contributed by atoms with Gasteiger partial charge in [-0.05, 0) is 57.0 Å². The molecule has 0 heterocycles. The summed E-state index contributed by atoms with van der Waals surface area (Å²) in [5.41, 5.74) is 2.28. The largest absolute Gasteiger partial charge is 0.491 e. The van der Waals surface area contributed by atoms with Gasteiger partial charge in [-0.3, -0.25) is 0 Å². The summed E-state index contributed by atoms with van der Waals surface area (Å²) >= 11 is 0. The van der Waals surface area contributed by atoms with Crippen molar-refractivity contribution in [3.63, 3.8) is 0 Å². The van der Waals surface area contributed by atoms with Gasteiger partial charge in [0.15, 0.2) is 0 Å². The molecule has 0 radical (unpaired) electrons. The maximum absolute atomic E-state index is 5.80. The average Bonchev–Trinajstić information content (AvgIpc) is 2.54. The molecular formula is C20H27NO2. The molecule has 2 rings (SSSR count). The van der Waals surface area contributed by atoms with Crippen molar-refractivity contribution in [3.8, 4) is 11.5 Å². The van der Waals surface area contributed by atoms with Crippen LogP contribution in [0.1, 0.15) is 39.7 Å². The third-order valence-electron chi connectivity index (χ3n) is 3.54. The van der Waals surface area contributed by atoms with Gasteiger partial charge in [-0.15, -0.1) is 0 Å². The lowest BCUT2D eigenvalue weighted by Gasteiger charge is -2.14. The average molecular weight is 313 g/mol. The van der Waals surface area contributed by atoms with Crippen molar-refractivity contribution in [2.75, 3.05) is 5.32 Å². The molecule has 1 atom stereocenters. The smallest absolute Gasteiger partial charge is 0.121 e. The molecule has 0 saturated carbocycles. The fourth-order valence-corrected chi connectivity index (χ4v) is 2.16. The number of anilines is 1. The lowest BCUT2D eigenvalue weighted by Crippen LogP contribution is -2.09. The van der Waals surface area contributed by atoms with Crippen molar-refractivity contribution in [3.05, 3.63) is 54.1 Å². The van der Waals surface area contributed by atoms with E-state index in [-0.39, 0.29) is 12.2 Å². The number of benzene rings is 2. The van der Waals surface area contributed by atoms with Gasteiger partial charge in [-0.25, -0.2) is 0 Å². The molecule has 124 valence electrons. The van der Waals surface area contributed by atoms with Crippen LogP contribution in [0.4, 0.5) is 5.69 Å². The molecule has 0 aliphatic heterocycles. The topological polar surface area (TPSA) is 30.5 Å². The Kier molecular flexibility index (Phi) is 6.33. The fraction of sp³-hybridized carbons (Fsp3) is 0.400. The van der Waals surface area contributed by atoms with Crippen molar-refractivity contribution >= 4 is 5.69 Å². The summed E-state index contributed by atoms with van der Waals surface area (Å²) in [4.78, 5) is 0. The van der Waals surface area contributed by atoms with Crippen molar-refractivity contribution < 1.29 is 9.47 Å². The van der Waals surface area contributed by atoms with Gasteiger partial charge in [-0.1, -0.05) is 25.1 Å². The molecule has 2 aromatic rings. The van der Waals surface area contributed by atoms with Gasteiger partial charge >= 0.3 is 0 Å². The molecule has 3 nitrogen and oxygen atoms in total. The molecule has 0 spiro atoms. The SMILES string of the molecule is CC[C@@H](C)Oc1ccc(CNc2cccc(OC(C)C)c2)cc1. The molecule has 0 aliphatic carbocycles. The molecule has 0 aromatic heterocycles. The zero-order valence-electron chi connectivity index (χ0n) is 14.5. The van der Waals surface area contributed by atoms with E-state index in [4.69, 9.17) is 9.47 Å². The lowest BCUT2D eigenvalue weighted by atomic mass is 10.2. The predicted octanol–water partition coefficient (Wildman–Crippen LogP) is 5.26. The van der Waals surface area contributed by atoms with Crippen LogP contribution in [0.15, 0.2) is 48.5 Å². The lowest BCUT2D eigenvalue weighted by molar-refractivity contribution is 0.217. The summed E-state index contributed by atoms with van der Waals surface area (Å²) in [5, 5.41) is 3.43. The van der Waals surface area contributed by atoms with Crippen molar-refractivity contribution in [2.45, 2.75) is 52.9 Å². The number of nitrogens with one attached hydrogen (secondary N) is 1. The Balaban J connectivity index is 1.90. The first-order valence-corrected chi connectivity index (χ1v) is 8.33. The molecule has 0 aliphatic rings. The van der Waals surface area contributed by atoms with Gasteiger partial charge in [0.1, 0.15) is 11.5 Å². The van der Waals surface area contributed by atoms with Crippen LogP contribution in [-0.4, -0.2) is 12.2 Å². The first-order valence-electron chi connectivity index (χ1n) is 8.33. The van der Waals surface area contributed by atoms with E-state index in [2.05, 4.69) is 31.3 Å². The van der Waals surface area contributed by atoms with Gasteiger partial charge in [0, 0.05) is 18.3 Å². The Morgan fingerprint density at radius 1 is 0.913 bits per heavy atom. The minimum Gasteiger partial charge on any atom is -0.491 e. The van der Waals surface area contributed by atoms with E-state index in [1.807, 2.05) is 50.2 Å². The van der Waals surface area contributed by atoms with E-state index >= 15 is 0 Å². The molecule has 3 heteroatoms. The number of hydrogen-bond acceptors (Lipinski definition) is 3. The highest BCUT2D eigenvalue weighted by Gasteiger charge is 2.02. The molecule has 23 heavy (non-hydrogen) atoms. The van der Waals surface area contributed by atoms with Gasteiger partial charge < -0.3 is 14.8 Å². The van der Waals surface area contributed by atoms with Gasteiger partial charge in [0.2, 0.25) is 0 Å². The molecule has 1 N–H and O–H groups in total. The van der Waals surface area contributed by atoms with Crippen LogP contribution >= 0.6 is 0 Å². The highest BCUT2D eigenvalue weighted by Crippen LogP contribution is 2.20. The van der Waals surface area contributed by atoms with Crippen molar-refractivity contribution in [2.24, 2.45) is 0 Å². The zero-order chi connectivity index (χ0) is 16.7. The highest BCUT2D eigenvalue weighted by molar-refractivity contribution is 5.48. The van der Waals surface area contributed by atoms with Crippen LogP contribution in [0.3, 0.4) is 0 Å². The number of ether oxygens (including phenoxy) is 2. The molecule has 0 amide bonds. The Hall–Kier alpha value is -2.16. The van der Waals surface area contributed by atoms with E-state index in [1.54, 1.807) is 0 Å². The summed E-state index contributed by atoms with van der Waals surface area (Å²) in [6, 6.07) is 16.3. The standard InChI is InChI=1S/C20H27NO2/c1-5-16(4)23-19-11-9-17(10-12-19)14-21-18-7-6-8-20(13-18)22-15(2)3/h6-13,15-16,21H,5,14H2,1-4H3/t16-/m1/s1. The Morgan fingerprint density at radius 3 is 2.30 bits per heavy atom. The van der Waals surface area contributed by atoms with Crippen LogP contribution < -0.4 is 14.8 Å². The van der Waals surface area contributed by atoms with Gasteiger partial charge in [0.25, 0.3) is 0 Å². The van der Waals surface area contributed by atoms with Crippen LogP contribution in [0, 0.1) is 0 Å². The van der Waals surface area contributed by atoms with Crippen LogP contribution in [0.5, 0.6) is 11.5 Å². The monoisotopic (exact) mass is 313 g/mol. The van der Waals surface area contributed by atoms with Crippen molar-refractivity contribution in [1.82, 2.24) is 0 Å². The maximum atomic E-state index is 5.80. The summed E-state index contributed by atoms with van der Waals surface area (Å²) in [7, 11) is 0. The minimum absolute atomic E-state index is 0.184. The maximum Gasteiger partial charge on any atom is 0.121 e. The van der Waals surface area contributed by atoms with Crippen molar-refractivity contribution in [1.29, 1.82) is 0 Å². The van der Waals surface area contributed by atoms with E-state index < -0.39 is 0 Å². The normalized spacial score (nSPS) is 12.0. The summed E-state index contributed by atoms with van der Waals surface area (Å²) in [5.74, 6) is 1.82. The first-order chi connectivity index (χ1) is 11.1. The summed E-state index contributed by atoms with van der Waals surface area (Å²) in [6.07, 6.45) is 1.45. The predicted molar refractivity (Wildman–Crippen MR) is 96.4 cm³/mol. The number of hydrogen-bond donors (Lipinski definition) is 1. The second kappa shape index (κ2) is 8.47. The third-order valence-corrected chi connectivity index (χ3v) is 3.54. The molecule has 0 saturated heterocycles. The highest BCUT2D eigenvalue weighted by atomic mass is 16.5. The number of rotatable bonds is 8. The molecule has 0 bridgehead atoms. The van der Waals surface area contributed by atoms with E-state index in [0.29, 0.717) is 0 Å². The zero-order valence-corrected chi connectivity index (χ0v) is 14.5. The summed E-state index contributed by atoms with van der Waals surface area (Å²) in [6.45, 7) is 9.04. The Labute approximate surface area is 139 Å². The van der Waals surface area contributed by atoms with E-state index in [0.717, 1.165) is 30.2 Å². The van der Waals surface area contributed by atoms with Gasteiger partial charge in [-0.2, -0.15) is 0 Å².